The number of benzene rings is 3. The van der Waals surface area contributed by atoms with Crippen LogP contribution in [0.2, 0.25) is 5.02 Å². The van der Waals surface area contributed by atoms with Crippen molar-refractivity contribution in [2.24, 2.45) is 5.41 Å². The molecule has 1 atom stereocenters. The van der Waals surface area contributed by atoms with E-state index in [0.717, 1.165) is 5.56 Å². The van der Waals surface area contributed by atoms with Crippen molar-refractivity contribution in [3.63, 3.8) is 0 Å². The Balaban J connectivity index is 1.63. The number of anilines is 2. The Morgan fingerprint density at radius 2 is 1.79 bits per heavy atom. The van der Waals surface area contributed by atoms with Crippen molar-refractivity contribution in [2.75, 3.05) is 24.3 Å². The standard InChI is InChI=1S/C34H36ClN3O5/c1-34(2)18-25-31(28(40)19-34)33(23-14-13-22(17-24(23)35)43-20-21-9-6-5-7-10-21)38(30(42)16-15-29(41)37(3)4)26-11-8-12-27(39)32(26)36-25/h5-14,17,33,36,39H,15-16,18-20H2,1-4H3. The van der Waals surface area contributed by atoms with Crippen LogP contribution in [0.15, 0.2) is 78.0 Å². The van der Waals surface area contributed by atoms with Gasteiger partial charge in [-0.2, -0.15) is 0 Å². The molecule has 43 heavy (non-hydrogen) atoms. The van der Waals surface area contributed by atoms with Gasteiger partial charge in [0.25, 0.3) is 0 Å². The topological polar surface area (TPSA) is 99.2 Å². The molecular weight excluding hydrogens is 566 g/mol. The maximum Gasteiger partial charge on any atom is 0.228 e. The highest BCUT2D eigenvalue weighted by molar-refractivity contribution is 6.31. The number of nitrogens with zero attached hydrogens (tertiary/aromatic N) is 2. The van der Waals surface area contributed by atoms with Gasteiger partial charge in [0.1, 0.15) is 23.8 Å². The molecule has 0 saturated carbocycles. The highest BCUT2D eigenvalue weighted by atomic mass is 35.5. The smallest absolute Gasteiger partial charge is 0.228 e. The minimum Gasteiger partial charge on any atom is -0.506 e. The number of phenols is 1. The van der Waals surface area contributed by atoms with E-state index in [1.54, 1.807) is 44.4 Å². The van der Waals surface area contributed by atoms with E-state index in [9.17, 15) is 19.5 Å². The third-order valence-corrected chi connectivity index (χ3v) is 8.17. The van der Waals surface area contributed by atoms with E-state index in [0.29, 0.717) is 52.0 Å². The number of ether oxygens (including phenoxy) is 1. The first kappa shape index (κ1) is 30.2. The van der Waals surface area contributed by atoms with Gasteiger partial charge < -0.3 is 20.1 Å². The molecule has 0 bridgehead atoms. The largest absolute Gasteiger partial charge is 0.506 e. The summed E-state index contributed by atoms with van der Waals surface area (Å²) in [5.41, 5.74) is 2.98. The molecule has 2 amide bonds. The number of phenolic OH excluding ortho intramolecular Hbond substituents is 1. The lowest BCUT2D eigenvalue weighted by molar-refractivity contribution is -0.131. The first-order chi connectivity index (χ1) is 20.4. The number of hydrogen-bond donors (Lipinski definition) is 2. The number of ketones is 1. The van der Waals surface area contributed by atoms with Crippen molar-refractivity contribution in [2.45, 2.75) is 52.2 Å². The van der Waals surface area contributed by atoms with Gasteiger partial charge in [0.05, 0.1) is 11.7 Å². The Hall–Kier alpha value is -4.30. The van der Waals surface area contributed by atoms with E-state index < -0.39 is 6.04 Å². The number of fused-ring (bicyclic) bond motifs is 1. The van der Waals surface area contributed by atoms with Gasteiger partial charge in [0.2, 0.25) is 11.8 Å². The van der Waals surface area contributed by atoms with Crippen molar-refractivity contribution in [3.8, 4) is 11.5 Å². The zero-order chi connectivity index (χ0) is 30.9. The van der Waals surface area contributed by atoms with Crippen molar-refractivity contribution < 1.29 is 24.2 Å². The average Bonchev–Trinajstić information content (AvgIpc) is 3.10. The highest BCUT2D eigenvalue weighted by Crippen LogP contribution is 2.51. The number of hydrogen-bond acceptors (Lipinski definition) is 6. The third-order valence-electron chi connectivity index (χ3n) is 7.84. The van der Waals surface area contributed by atoms with Crippen LogP contribution < -0.4 is 15.0 Å². The average molecular weight is 602 g/mol. The SMILES string of the molecule is CN(C)C(=O)CCC(=O)N1c2cccc(O)c2NC2=C(C(=O)CC(C)(C)C2)C1c1ccc(OCc2ccccc2)cc1Cl. The van der Waals surface area contributed by atoms with Gasteiger partial charge in [0, 0.05) is 49.7 Å². The Kier molecular flexibility index (Phi) is 8.51. The van der Waals surface area contributed by atoms with Gasteiger partial charge in [-0.15, -0.1) is 0 Å². The second kappa shape index (κ2) is 12.1. The molecule has 2 aliphatic rings. The summed E-state index contributed by atoms with van der Waals surface area (Å²) < 4.78 is 6.00. The first-order valence-corrected chi connectivity index (χ1v) is 14.7. The highest BCUT2D eigenvalue weighted by Gasteiger charge is 2.44. The summed E-state index contributed by atoms with van der Waals surface area (Å²) in [5.74, 6) is -0.192. The molecule has 0 spiro atoms. The first-order valence-electron chi connectivity index (χ1n) is 14.3. The van der Waals surface area contributed by atoms with Gasteiger partial charge in [0.15, 0.2) is 5.78 Å². The maximum atomic E-state index is 14.1. The van der Waals surface area contributed by atoms with Crippen molar-refractivity contribution in [3.05, 3.63) is 94.1 Å². The molecule has 1 unspecified atom stereocenters. The fraction of sp³-hybridized carbons (Fsp3) is 0.324. The molecule has 0 radical (unpaired) electrons. The molecule has 9 heteroatoms. The molecule has 0 fully saturated rings. The summed E-state index contributed by atoms with van der Waals surface area (Å²) in [7, 11) is 3.28. The molecule has 3 aromatic carbocycles. The van der Waals surface area contributed by atoms with Gasteiger partial charge in [-0.05, 0) is 47.2 Å². The predicted octanol–water partition coefficient (Wildman–Crippen LogP) is 6.64. The summed E-state index contributed by atoms with van der Waals surface area (Å²) in [6.07, 6.45) is 0.697. The van der Waals surface area contributed by atoms with Gasteiger partial charge in [-0.25, -0.2) is 0 Å². The number of nitrogens with one attached hydrogen (secondary N) is 1. The maximum absolute atomic E-state index is 14.1. The number of amides is 2. The van der Waals surface area contributed by atoms with Gasteiger partial charge in [-0.3, -0.25) is 19.3 Å². The second-order valence-corrected chi connectivity index (χ2v) is 12.4. The summed E-state index contributed by atoms with van der Waals surface area (Å²) in [4.78, 5) is 43.5. The number of Topliss-reactive ketones (excluding diaryl/α,β-unsaturated/α-hetero) is 1. The molecule has 3 aromatic rings. The minimum absolute atomic E-state index is 0.0104. The number of aromatic hydroxyl groups is 1. The van der Waals surface area contributed by atoms with E-state index in [2.05, 4.69) is 5.32 Å². The zero-order valence-electron chi connectivity index (χ0n) is 24.8. The lowest BCUT2D eigenvalue weighted by Gasteiger charge is -2.37. The minimum atomic E-state index is -0.896. The van der Waals surface area contributed by atoms with Crippen LogP contribution in [0.4, 0.5) is 11.4 Å². The Bertz CT molecular complexity index is 1600. The fourth-order valence-corrected chi connectivity index (χ4v) is 6.00. The van der Waals surface area contributed by atoms with Crippen LogP contribution in [0, 0.1) is 5.41 Å². The van der Waals surface area contributed by atoms with Crippen LogP contribution in [0.3, 0.4) is 0 Å². The van der Waals surface area contributed by atoms with E-state index in [1.165, 1.54) is 15.9 Å². The number of para-hydroxylation sites is 1. The summed E-state index contributed by atoms with van der Waals surface area (Å²) >= 11 is 6.95. The number of allylic oxidation sites excluding steroid dienone is 1. The van der Waals surface area contributed by atoms with Gasteiger partial charge >= 0.3 is 0 Å². The van der Waals surface area contributed by atoms with Crippen LogP contribution >= 0.6 is 11.6 Å². The van der Waals surface area contributed by atoms with E-state index in [-0.39, 0.29) is 48.0 Å². The number of carbonyl (C=O) groups excluding carboxylic acids is 3. The van der Waals surface area contributed by atoms with Crippen molar-refractivity contribution >= 4 is 40.6 Å². The molecule has 1 aliphatic carbocycles. The van der Waals surface area contributed by atoms with Crippen molar-refractivity contribution in [1.29, 1.82) is 0 Å². The Morgan fingerprint density at radius 1 is 1.05 bits per heavy atom. The molecule has 2 N–H and O–H groups in total. The summed E-state index contributed by atoms with van der Waals surface area (Å²) in [6.45, 7) is 4.39. The van der Waals surface area contributed by atoms with E-state index >= 15 is 0 Å². The molecule has 224 valence electrons. The van der Waals surface area contributed by atoms with Crippen LogP contribution in [0.25, 0.3) is 0 Å². The summed E-state index contributed by atoms with van der Waals surface area (Å²) in [6, 6.07) is 19.0. The number of halogens is 1. The number of carbonyl (C=O) groups is 3. The fourth-order valence-electron chi connectivity index (χ4n) is 5.73. The monoisotopic (exact) mass is 601 g/mol. The molecule has 8 nitrogen and oxygen atoms in total. The molecule has 0 saturated heterocycles. The van der Waals surface area contributed by atoms with Crippen molar-refractivity contribution in [1.82, 2.24) is 4.90 Å². The molecule has 1 aliphatic heterocycles. The van der Waals surface area contributed by atoms with E-state index in [4.69, 9.17) is 16.3 Å². The van der Waals surface area contributed by atoms with Gasteiger partial charge in [-0.1, -0.05) is 67.9 Å². The molecular formula is C34H36ClN3O5. The number of rotatable bonds is 7. The van der Waals surface area contributed by atoms with Crippen LogP contribution in [-0.2, 0) is 21.0 Å². The normalized spacial score (nSPS) is 17.4. The Morgan fingerprint density at radius 3 is 2.49 bits per heavy atom. The summed E-state index contributed by atoms with van der Waals surface area (Å²) in [5, 5.41) is 14.6. The molecule has 5 rings (SSSR count). The quantitative estimate of drug-likeness (QED) is 0.295. The predicted molar refractivity (Wildman–Crippen MR) is 167 cm³/mol. The van der Waals surface area contributed by atoms with Crippen LogP contribution in [0.5, 0.6) is 11.5 Å². The molecule has 0 aromatic heterocycles. The van der Waals surface area contributed by atoms with Crippen LogP contribution in [-0.4, -0.2) is 41.7 Å². The lowest BCUT2D eigenvalue weighted by atomic mass is 9.73. The second-order valence-electron chi connectivity index (χ2n) is 12.0. The molecule has 1 heterocycles. The Labute approximate surface area is 256 Å². The van der Waals surface area contributed by atoms with Crippen LogP contribution in [0.1, 0.15) is 56.7 Å². The third kappa shape index (κ3) is 6.39. The van der Waals surface area contributed by atoms with E-state index in [1.807, 2.05) is 44.2 Å². The lowest BCUT2D eigenvalue weighted by Crippen LogP contribution is -2.40. The zero-order valence-corrected chi connectivity index (χ0v) is 25.6.